The normalized spacial score (nSPS) is 23.0. The van der Waals surface area contributed by atoms with Crippen molar-refractivity contribution in [3.63, 3.8) is 0 Å². The number of amides is 1. The molecule has 0 radical (unpaired) electrons. The van der Waals surface area contributed by atoms with Gasteiger partial charge in [0.25, 0.3) is 0 Å². The molecule has 0 spiro atoms. The minimum Gasteiger partial charge on any atom is -0.444 e. The van der Waals surface area contributed by atoms with Crippen LogP contribution in [0.2, 0.25) is 0 Å². The molecule has 1 amide bonds. The van der Waals surface area contributed by atoms with Gasteiger partial charge in [-0.05, 0) is 57.7 Å². The number of carbonyl (C=O) groups excluding carboxylic acids is 1. The van der Waals surface area contributed by atoms with Crippen molar-refractivity contribution in [1.29, 1.82) is 0 Å². The minimum atomic E-state index is -0.888. The van der Waals surface area contributed by atoms with Gasteiger partial charge >= 0.3 is 6.09 Å². The number of benzene rings is 1. The molecule has 1 atom stereocenters. The lowest BCUT2D eigenvalue weighted by Gasteiger charge is -2.28. The Morgan fingerprint density at radius 1 is 1.32 bits per heavy atom. The van der Waals surface area contributed by atoms with Crippen molar-refractivity contribution in [2.75, 3.05) is 13.1 Å². The number of nitrogens with zero attached hydrogens (tertiary/aromatic N) is 1. The Bertz CT molecular complexity index is 541. The summed E-state index contributed by atoms with van der Waals surface area (Å²) < 4.78 is 6.37. The van der Waals surface area contributed by atoms with E-state index in [0.717, 1.165) is 16.5 Å². The summed E-state index contributed by atoms with van der Waals surface area (Å²) in [4.78, 5) is 13.9. The van der Waals surface area contributed by atoms with Gasteiger partial charge in [-0.2, -0.15) is 0 Å². The first-order chi connectivity index (χ1) is 10.2. The molecule has 1 saturated heterocycles. The highest BCUT2D eigenvalue weighted by molar-refractivity contribution is 9.10. The van der Waals surface area contributed by atoms with Crippen LogP contribution in [0.5, 0.6) is 0 Å². The molecule has 4 nitrogen and oxygen atoms in total. The predicted molar refractivity (Wildman–Crippen MR) is 89.7 cm³/mol. The zero-order valence-corrected chi connectivity index (χ0v) is 15.0. The summed E-state index contributed by atoms with van der Waals surface area (Å²) in [5, 5.41) is 11.0. The first kappa shape index (κ1) is 17.3. The van der Waals surface area contributed by atoms with Crippen molar-refractivity contribution >= 4 is 22.0 Å². The fourth-order valence-electron chi connectivity index (χ4n) is 2.69. The number of hydrogen-bond acceptors (Lipinski definition) is 3. The second kappa shape index (κ2) is 6.59. The quantitative estimate of drug-likeness (QED) is 0.811. The molecule has 1 unspecified atom stereocenters. The number of ether oxygens (including phenoxy) is 1. The van der Waals surface area contributed by atoms with Crippen LogP contribution < -0.4 is 0 Å². The van der Waals surface area contributed by atoms with Crippen LogP contribution in [0.15, 0.2) is 28.7 Å². The molecule has 1 aliphatic heterocycles. The SMILES string of the molecule is CC(C)(C)OC(=O)N1CCCC(O)(c2cccc(Br)c2)CC1. The molecule has 0 aromatic heterocycles. The van der Waals surface area contributed by atoms with Gasteiger partial charge in [0.05, 0.1) is 5.60 Å². The van der Waals surface area contributed by atoms with Gasteiger partial charge in [-0.25, -0.2) is 4.79 Å². The lowest BCUT2D eigenvalue weighted by Crippen LogP contribution is -2.38. The van der Waals surface area contributed by atoms with Gasteiger partial charge in [-0.15, -0.1) is 0 Å². The van der Waals surface area contributed by atoms with Gasteiger partial charge in [0.2, 0.25) is 0 Å². The van der Waals surface area contributed by atoms with E-state index in [0.29, 0.717) is 25.9 Å². The summed E-state index contributed by atoms with van der Waals surface area (Å²) in [5.74, 6) is 0. The second-order valence-corrected chi connectivity index (χ2v) is 7.78. The summed E-state index contributed by atoms with van der Waals surface area (Å²) in [6, 6.07) is 7.75. The summed E-state index contributed by atoms with van der Waals surface area (Å²) >= 11 is 3.44. The number of aliphatic hydroxyl groups is 1. The van der Waals surface area contributed by atoms with E-state index in [1.54, 1.807) is 4.90 Å². The summed E-state index contributed by atoms with van der Waals surface area (Å²) in [7, 11) is 0. The van der Waals surface area contributed by atoms with Crippen molar-refractivity contribution < 1.29 is 14.6 Å². The molecule has 1 N–H and O–H groups in total. The molecule has 2 rings (SSSR count). The number of halogens is 1. The van der Waals surface area contributed by atoms with E-state index in [2.05, 4.69) is 15.9 Å². The van der Waals surface area contributed by atoms with Crippen LogP contribution in [0.1, 0.15) is 45.6 Å². The molecule has 1 aromatic carbocycles. The van der Waals surface area contributed by atoms with E-state index >= 15 is 0 Å². The van der Waals surface area contributed by atoms with Gasteiger partial charge in [-0.1, -0.05) is 28.1 Å². The molecule has 1 heterocycles. The molecule has 1 fully saturated rings. The Labute approximate surface area is 140 Å². The van der Waals surface area contributed by atoms with Crippen LogP contribution in [0.3, 0.4) is 0 Å². The molecule has 122 valence electrons. The Hall–Kier alpha value is -1.07. The fourth-order valence-corrected chi connectivity index (χ4v) is 3.09. The second-order valence-electron chi connectivity index (χ2n) is 6.86. The van der Waals surface area contributed by atoms with Crippen LogP contribution in [0.25, 0.3) is 0 Å². The zero-order valence-electron chi connectivity index (χ0n) is 13.4. The molecule has 1 aromatic rings. The molecule has 5 heteroatoms. The minimum absolute atomic E-state index is 0.300. The van der Waals surface area contributed by atoms with Crippen molar-refractivity contribution in [2.45, 2.75) is 51.2 Å². The maximum atomic E-state index is 12.2. The van der Waals surface area contributed by atoms with Gasteiger partial charge < -0.3 is 14.7 Å². The smallest absolute Gasteiger partial charge is 0.410 e. The third kappa shape index (κ3) is 4.46. The Morgan fingerprint density at radius 2 is 2.05 bits per heavy atom. The van der Waals surface area contributed by atoms with Gasteiger partial charge in [0.1, 0.15) is 5.60 Å². The van der Waals surface area contributed by atoms with Crippen LogP contribution in [0, 0.1) is 0 Å². The van der Waals surface area contributed by atoms with Crippen LogP contribution in [-0.4, -0.2) is 34.8 Å². The number of rotatable bonds is 1. The van der Waals surface area contributed by atoms with E-state index in [1.165, 1.54) is 0 Å². The Balaban J connectivity index is 2.07. The van der Waals surface area contributed by atoms with E-state index in [-0.39, 0.29) is 6.09 Å². The van der Waals surface area contributed by atoms with Crippen molar-refractivity contribution in [3.05, 3.63) is 34.3 Å². The number of carbonyl (C=O) groups is 1. The molecule has 22 heavy (non-hydrogen) atoms. The standard InChI is InChI=1S/C17H24BrNO3/c1-16(2,3)22-15(20)19-10-5-8-17(21,9-11-19)13-6-4-7-14(18)12-13/h4,6-7,12,21H,5,8-11H2,1-3H3. The Kier molecular flexibility index (Phi) is 5.17. The average Bonchev–Trinajstić information content (AvgIpc) is 2.60. The van der Waals surface area contributed by atoms with E-state index in [4.69, 9.17) is 4.74 Å². The predicted octanol–water partition coefficient (Wildman–Crippen LogP) is 4.06. The maximum Gasteiger partial charge on any atom is 0.410 e. The summed E-state index contributed by atoms with van der Waals surface area (Å²) in [6.07, 6.45) is 1.61. The summed E-state index contributed by atoms with van der Waals surface area (Å²) in [5.41, 5.74) is -0.488. The highest BCUT2D eigenvalue weighted by Crippen LogP contribution is 2.34. The summed E-state index contributed by atoms with van der Waals surface area (Å²) in [6.45, 7) is 6.70. The van der Waals surface area contributed by atoms with Crippen LogP contribution in [-0.2, 0) is 10.3 Å². The average molecular weight is 370 g/mol. The van der Waals surface area contributed by atoms with Crippen molar-refractivity contribution in [2.24, 2.45) is 0 Å². The molecule has 0 aliphatic carbocycles. The monoisotopic (exact) mass is 369 g/mol. The lowest BCUT2D eigenvalue weighted by atomic mass is 9.87. The highest BCUT2D eigenvalue weighted by Gasteiger charge is 2.34. The molecule has 0 bridgehead atoms. The van der Waals surface area contributed by atoms with E-state index in [1.807, 2.05) is 45.0 Å². The van der Waals surface area contributed by atoms with Gasteiger partial charge in [0, 0.05) is 17.6 Å². The van der Waals surface area contributed by atoms with Gasteiger partial charge in [-0.3, -0.25) is 0 Å². The zero-order chi connectivity index (χ0) is 16.4. The number of likely N-dealkylation sites (tertiary alicyclic amines) is 1. The first-order valence-corrected chi connectivity index (χ1v) is 8.45. The van der Waals surface area contributed by atoms with E-state index < -0.39 is 11.2 Å². The third-order valence-corrected chi connectivity index (χ3v) is 4.32. The largest absolute Gasteiger partial charge is 0.444 e. The maximum absolute atomic E-state index is 12.2. The van der Waals surface area contributed by atoms with Gasteiger partial charge in [0.15, 0.2) is 0 Å². The topological polar surface area (TPSA) is 49.8 Å². The third-order valence-electron chi connectivity index (χ3n) is 3.83. The Morgan fingerprint density at radius 3 is 2.68 bits per heavy atom. The van der Waals surface area contributed by atoms with Crippen molar-refractivity contribution in [3.8, 4) is 0 Å². The highest BCUT2D eigenvalue weighted by atomic mass is 79.9. The lowest BCUT2D eigenvalue weighted by molar-refractivity contribution is 0.0128. The van der Waals surface area contributed by atoms with E-state index in [9.17, 15) is 9.90 Å². The fraction of sp³-hybridized carbons (Fsp3) is 0.588. The van der Waals surface area contributed by atoms with Crippen LogP contribution >= 0.6 is 15.9 Å². The molecule has 0 saturated carbocycles. The van der Waals surface area contributed by atoms with Crippen LogP contribution in [0.4, 0.5) is 4.79 Å². The number of hydrogen-bond donors (Lipinski definition) is 1. The molecular formula is C17H24BrNO3. The molecular weight excluding hydrogens is 346 g/mol. The first-order valence-electron chi connectivity index (χ1n) is 7.66. The van der Waals surface area contributed by atoms with Crippen molar-refractivity contribution in [1.82, 2.24) is 4.90 Å². The molecule has 1 aliphatic rings.